The Morgan fingerprint density at radius 1 is 1.43 bits per heavy atom. The Morgan fingerprint density at radius 3 is 2.91 bits per heavy atom. The lowest BCUT2D eigenvalue weighted by Crippen LogP contribution is -2.35. The topological polar surface area (TPSA) is 77.8 Å². The average molecular weight is 343 g/mol. The van der Waals surface area contributed by atoms with E-state index < -0.39 is 5.97 Å². The molecule has 1 aliphatic heterocycles. The summed E-state index contributed by atoms with van der Waals surface area (Å²) >= 11 is 1.58. The highest BCUT2D eigenvalue weighted by atomic mass is 32.2. The van der Waals surface area contributed by atoms with Crippen molar-refractivity contribution in [2.24, 2.45) is 0 Å². The Kier molecular flexibility index (Phi) is 10.0. The number of carboxylic acid groups (broad SMARTS) is 1. The maximum absolute atomic E-state index is 12.0. The quantitative estimate of drug-likeness (QED) is 0.421. The Morgan fingerprint density at radius 2 is 2.22 bits per heavy atom. The second-order valence-electron chi connectivity index (χ2n) is 5.88. The van der Waals surface area contributed by atoms with Gasteiger partial charge in [-0.2, -0.15) is 11.8 Å². The molecule has 1 fully saturated rings. The number of carboxylic acids is 1. The minimum Gasteiger partial charge on any atom is -0.481 e. The van der Waals surface area contributed by atoms with E-state index in [-0.39, 0.29) is 24.5 Å². The van der Waals surface area contributed by atoms with Gasteiger partial charge < -0.3 is 15.1 Å². The molecule has 23 heavy (non-hydrogen) atoms. The average Bonchev–Trinajstić information content (AvgIpc) is 2.85. The molecule has 2 atom stereocenters. The van der Waals surface area contributed by atoms with Crippen molar-refractivity contribution in [3.8, 4) is 0 Å². The van der Waals surface area contributed by atoms with Gasteiger partial charge >= 0.3 is 5.97 Å². The molecule has 1 rings (SSSR count). The standard InChI is InChI=1S/C17H29NO4S/c1-2-3-4-5-15(19)8-6-14-7-9-16(20)18(14)11-13-23-12-10-17(21)22/h3-4,14-15,19H,2,5-13H2,1H3,(H,21,22)/b4-3+/t14-,15?/m1/s1. The third-order valence-electron chi connectivity index (χ3n) is 4.03. The number of aliphatic hydroxyl groups excluding tert-OH is 1. The predicted octanol–water partition coefficient (Wildman–Crippen LogP) is 2.68. The lowest BCUT2D eigenvalue weighted by atomic mass is 10.0. The van der Waals surface area contributed by atoms with Crippen LogP contribution >= 0.6 is 11.8 Å². The van der Waals surface area contributed by atoms with Gasteiger partial charge in [-0.15, -0.1) is 0 Å². The summed E-state index contributed by atoms with van der Waals surface area (Å²) in [7, 11) is 0. The van der Waals surface area contributed by atoms with Gasteiger partial charge in [0, 0.05) is 30.5 Å². The highest BCUT2D eigenvalue weighted by Gasteiger charge is 2.30. The number of hydrogen-bond acceptors (Lipinski definition) is 4. The molecule has 1 saturated heterocycles. The van der Waals surface area contributed by atoms with Gasteiger partial charge in [0.05, 0.1) is 12.5 Å². The van der Waals surface area contributed by atoms with Gasteiger partial charge in [-0.3, -0.25) is 9.59 Å². The van der Waals surface area contributed by atoms with Gasteiger partial charge in [0.1, 0.15) is 0 Å². The van der Waals surface area contributed by atoms with Crippen LogP contribution in [0, 0.1) is 0 Å². The molecule has 0 aliphatic carbocycles. The van der Waals surface area contributed by atoms with Gasteiger partial charge in [-0.05, 0) is 32.1 Å². The molecule has 1 heterocycles. The van der Waals surface area contributed by atoms with Crippen LogP contribution < -0.4 is 0 Å². The second-order valence-corrected chi connectivity index (χ2v) is 7.11. The van der Waals surface area contributed by atoms with E-state index in [1.54, 1.807) is 11.8 Å². The predicted molar refractivity (Wildman–Crippen MR) is 93.6 cm³/mol. The van der Waals surface area contributed by atoms with Crippen LogP contribution in [0.25, 0.3) is 0 Å². The number of carbonyl (C=O) groups excluding carboxylic acids is 1. The molecule has 1 amide bonds. The van der Waals surface area contributed by atoms with Crippen LogP contribution in [-0.4, -0.2) is 57.2 Å². The van der Waals surface area contributed by atoms with Crippen LogP contribution in [0.1, 0.15) is 51.9 Å². The maximum Gasteiger partial charge on any atom is 0.304 e. The summed E-state index contributed by atoms with van der Waals surface area (Å²) in [5.74, 6) is 0.773. The smallest absolute Gasteiger partial charge is 0.304 e. The number of rotatable bonds is 12. The van der Waals surface area contributed by atoms with Crippen molar-refractivity contribution in [3.63, 3.8) is 0 Å². The summed E-state index contributed by atoms with van der Waals surface area (Å²) in [5, 5.41) is 18.6. The molecule has 5 nitrogen and oxygen atoms in total. The monoisotopic (exact) mass is 343 g/mol. The van der Waals surface area contributed by atoms with Crippen LogP contribution in [0.3, 0.4) is 0 Å². The van der Waals surface area contributed by atoms with Gasteiger partial charge in [0.15, 0.2) is 0 Å². The first kappa shape index (κ1) is 20.0. The van der Waals surface area contributed by atoms with E-state index in [4.69, 9.17) is 5.11 Å². The van der Waals surface area contributed by atoms with Crippen molar-refractivity contribution in [2.45, 2.75) is 64.0 Å². The van der Waals surface area contributed by atoms with E-state index in [2.05, 4.69) is 13.0 Å². The molecule has 132 valence electrons. The van der Waals surface area contributed by atoms with Gasteiger partial charge in [-0.1, -0.05) is 19.1 Å². The Balaban J connectivity index is 2.26. The zero-order valence-electron chi connectivity index (χ0n) is 13.9. The molecule has 6 heteroatoms. The van der Waals surface area contributed by atoms with Crippen molar-refractivity contribution in [3.05, 3.63) is 12.2 Å². The Bertz CT molecular complexity index is 400. The summed E-state index contributed by atoms with van der Waals surface area (Å²) in [5.41, 5.74) is 0. The minimum absolute atomic E-state index is 0.166. The Labute approximate surface area is 143 Å². The molecule has 0 aromatic carbocycles. The van der Waals surface area contributed by atoms with Gasteiger partial charge in [0.25, 0.3) is 0 Å². The third kappa shape index (κ3) is 8.42. The van der Waals surface area contributed by atoms with Gasteiger partial charge in [0.2, 0.25) is 5.91 Å². The van der Waals surface area contributed by atoms with Crippen molar-refractivity contribution in [1.29, 1.82) is 0 Å². The van der Waals surface area contributed by atoms with E-state index in [0.717, 1.165) is 25.0 Å². The molecule has 0 aromatic rings. The fraction of sp³-hybridized carbons (Fsp3) is 0.765. The molecule has 0 aromatic heterocycles. The second kappa shape index (κ2) is 11.5. The molecule has 0 radical (unpaired) electrons. The van der Waals surface area contributed by atoms with Crippen LogP contribution in [0.15, 0.2) is 12.2 Å². The van der Waals surface area contributed by atoms with E-state index in [1.165, 1.54) is 0 Å². The normalized spacial score (nSPS) is 19.7. The number of thioether (sulfide) groups is 1. The maximum atomic E-state index is 12.0. The van der Waals surface area contributed by atoms with E-state index in [9.17, 15) is 14.7 Å². The van der Waals surface area contributed by atoms with Crippen LogP contribution in [0.2, 0.25) is 0 Å². The molecular weight excluding hydrogens is 314 g/mol. The number of carbonyl (C=O) groups is 2. The van der Waals surface area contributed by atoms with Crippen LogP contribution in [-0.2, 0) is 9.59 Å². The summed E-state index contributed by atoms with van der Waals surface area (Å²) in [4.78, 5) is 24.3. The lowest BCUT2D eigenvalue weighted by Gasteiger charge is -2.25. The van der Waals surface area contributed by atoms with Crippen molar-refractivity contribution in [2.75, 3.05) is 18.1 Å². The fourth-order valence-corrected chi connectivity index (χ4v) is 3.60. The third-order valence-corrected chi connectivity index (χ3v) is 5.00. The molecule has 0 spiro atoms. The zero-order chi connectivity index (χ0) is 17.1. The van der Waals surface area contributed by atoms with Crippen LogP contribution in [0.5, 0.6) is 0 Å². The number of aliphatic hydroxyl groups is 1. The first-order valence-corrected chi connectivity index (χ1v) is 9.62. The Hall–Kier alpha value is -1.01. The molecule has 0 bridgehead atoms. The number of nitrogens with zero attached hydrogens (tertiary/aromatic N) is 1. The van der Waals surface area contributed by atoms with Crippen LogP contribution in [0.4, 0.5) is 0 Å². The van der Waals surface area contributed by atoms with Crippen molar-refractivity contribution >= 4 is 23.6 Å². The minimum atomic E-state index is -0.779. The molecular formula is C17H29NO4S. The highest BCUT2D eigenvalue weighted by Crippen LogP contribution is 2.24. The molecule has 1 aliphatic rings. The van der Waals surface area contributed by atoms with E-state index in [0.29, 0.717) is 31.6 Å². The van der Waals surface area contributed by atoms with Crippen molar-refractivity contribution < 1.29 is 19.8 Å². The first-order valence-electron chi connectivity index (χ1n) is 8.46. The number of allylic oxidation sites excluding steroid dienone is 1. The summed E-state index contributed by atoms with van der Waals surface area (Å²) < 4.78 is 0. The lowest BCUT2D eigenvalue weighted by molar-refractivity contribution is -0.136. The number of hydrogen-bond donors (Lipinski definition) is 2. The molecule has 1 unspecified atom stereocenters. The fourth-order valence-electron chi connectivity index (χ4n) is 2.75. The largest absolute Gasteiger partial charge is 0.481 e. The summed E-state index contributed by atoms with van der Waals surface area (Å²) in [6, 6.07) is 0.229. The summed E-state index contributed by atoms with van der Waals surface area (Å²) in [6.07, 6.45) is 8.59. The number of likely N-dealkylation sites (tertiary alicyclic amines) is 1. The summed E-state index contributed by atoms with van der Waals surface area (Å²) in [6.45, 7) is 2.75. The molecule has 0 saturated carbocycles. The van der Waals surface area contributed by atoms with E-state index >= 15 is 0 Å². The SMILES string of the molecule is CC/C=C/CC(O)CC[C@@H]1CCC(=O)N1CCSCCC(=O)O. The number of amides is 1. The van der Waals surface area contributed by atoms with Crippen molar-refractivity contribution in [1.82, 2.24) is 4.90 Å². The highest BCUT2D eigenvalue weighted by molar-refractivity contribution is 7.99. The van der Waals surface area contributed by atoms with Gasteiger partial charge in [-0.25, -0.2) is 0 Å². The first-order chi connectivity index (χ1) is 11.0. The zero-order valence-corrected chi connectivity index (χ0v) is 14.8. The van der Waals surface area contributed by atoms with E-state index in [1.807, 2.05) is 11.0 Å². The number of aliphatic carboxylic acids is 1. The molecule has 2 N–H and O–H groups in total.